The lowest BCUT2D eigenvalue weighted by Crippen LogP contribution is -2.44. The Morgan fingerprint density at radius 2 is 1.94 bits per heavy atom. The minimum Gasteiger partial charge on any atom is -0.366 e. The molecule has 3 heterocycles. The van der Waals surface area contributed by atoms with E-state index in [-0.39, 0.29) is 24.0 Å². The number of aromatic nitrogens is 5. The fraction of sp³-hybridized carbons (Fsp3) is 0.333. The summed E-state index contributed by atoms with van der Waals surface area (Å²) in [5, 5.41) is 11.5. The van der Waals surface area contributed by atoms with Crippen molar-refractivity contribution in [1.29, 1.82) is 0 Å². The number of nitrogens with zero attached hydrogens (tertiary/aromatic N) is 5. The number of halogens is 2. The maximum Gasteiger partial charge on any atom is 0.183 e. The minimum absolute atomic E-state index is 0.0390. The van der Waals surface area contributed by atoms with Gasteiger partial charge in [-0.3, -0.25) is 4.68 Å². The molecule has 0 saturated carbocycles. The Morgan fingerprint density at radius 3 is 2.65 bits per heavy atom. The third-order valence-corrected chi connectivity index (χ3v) is 5.27. The topological polar surface area (TPSA) is 108 Å². The van der Waals surface area contributed by atoms with Crippen LogP contribution in [0.2, 0.25) is 0 Å². The summed E-state index contributed by atoms with van der Waals surface area (Å²) >= 11 is 0. The van der Waals surface area contributed by atoms with Crippen LogP contribution >= 0.6 is 0 Å². The summed E-state index contributed by atoms with van der Waals surface area (Å²) in [6.07, 6.45) is 3.29. The van der Waals surface area contributed by atoms with Crippen molar-refractivity contribution in [3.8, 4) is 22.9 Å². The Morgan fingerprint density at radius 1 is 1.15 bits per heavy atom. The lowest BCUT2D eigenvalue weighted by Gasteiger charge is -2.27. The number of nitrogens with one attached hydrogen (secondary N) is 1. The van der Waals surface area contributed by atoms with E-state index in [1.54, 1.807) is 35.0 Å². The van der Waals surface area contributed by atoms with Crippen molar-refractivity contribution in [2.45, 2.75) is 39.3 Å². The van der Waals surface area contributed by atoms with Crippen molar-refractivity contribution in [1.82, 2.24) is 24.9 Å². The Bertz CT molecular complexity index is 1250. The summed E-state index contributed by atoms with van der Waals surface area (Å²) in [6.45, 7) is 6.57. The monoisotopic (exact) mass is 467 g/mol. The molecule has 0 aliphatic carbocycles. The van der Waals surface area contributed by atoms with Crippen LogP contribution in [0.5, 0.6) is 0 Å². The van der Waals surface area contributed by atoms with Gasteiger partial charge in [0.2, 0.25) is 0 Å². The van der Waals surface area contributed by atoms with Crippen molar-refractivity contribution >= 4 is 5.82 Å². The van der Waals surface area contributed by atoms with E-state index >= 15 is 0 Å². The molecule has 8 nitrogen and oxygen atoms in total. The summed E-state index contributed by atoms with van der Waals surface area (Å²) in [5.41, 5.74) is 7.74. The average Bonchev–Trinajstić information content (AvgIpc) is 3.44. The van der Waals surface area contributed by atoms with Crippen LogP contribution in [0.25, 0.3) is 22.9 Å². The molecule has 3 N–H and O–H groups in total. The van der Waals surface area contributed by atoms with Crippen LogP contribution in [-0.4, -0.2) is 37.0 Å². The molecule has 0 aliphatic rings. The molecule has 0 radical (unpaired) electrons. The molecule has 1 aromatic carbocycles. The van der Waals surface area contributed by atoms with Crippen LogP contribution in [0.15, 0.2) is 53.4 Å². The molecular weight excluding hydrogens is 440 g/mol. The molecule has 4 rings (SSSR count). The fourth-order valence-corrected chi connectivity index (χ4v) is 3.89. The molecule has 3 aromatic heterocycles. The summed E-state index contributed by atoms with van der Waals surface area (Å²) in [6, 6.07) is 9.83. The Balaban J connectivity index is 1.65. The van der Waals surface area contributed by atoms with Crippen molar-refractivity contribution < 1.29 is 13.3 Å². The van der Waals surface area contributed by atoms with E-state index in [2.05, 4.69) is 39.4 Å². The van der Waals surface area contributed by atoms with Crippen LogP contribution in [0.4, 0.5) is 14.6 Å². The van der Waals surface area contributed by atoms with Gasteiger partial charge in [0.1, 0.15) is 23.5 Å². The second-order valence-corrected chi connectivity index (χ2v) is 9.04. The molecule has 0 aliphatic heterocycles. The fourth-order valence-electron chi connectivity index (χ4n) is 3.89. The molecule has 0 amide bonds. The Kier molecular flexibility index (Phi) is 6.69. The largest absolute Gasteiger partial charge is 0.366 e. The van der Waals surface area contributed by atoms with Gasteiger partial charge < -0.3 is 15.6 Å². The van der Waals surface area contributed by atoms with E-state index < -0.39 is 11.4 Å². The van der Waals surface area contributed by atoms with E-state index in [1.165, 1.54) is 12.3 Å². The molecule has 1 unspecified atom stereocenters. The molecule has 0 fully saturated rings. The second-order valence-electron chi connectivity index (χ2n) is 9.04. The van der Waals surface area contributed by atoms with Crippen LogP contribution in [0, 0.1) is 17.6 Å². The second kappa shape index (κ2) is 9.68. The predicted molar refractivity (Wildman–Crippen MR) is 125 cm³/mol. The van der Waals surface area contributed by atoms with Crippen LogP contribution in [0.1, 0.15) is 32.8 Å². The third kappa shape index (κ3) is 5.45. The first-order valence-corrected chi connectivity index (χ1v) is 11.0. The van der Waals surface area contributed by atoms with E-state index in [0.717, 1.165) is 12.6 Å². The first-order valence-electron chi connectivity index (χ1n) is 11.0. The van der Waals surface area contributed by atoms with Crippen LogP contribution in [0.3, 0.4) is 0 Å². The number of hydrogen-bond acceptors (Lipinski definition) is 7. The highest BCUT2D eigenvalue weighted by Crippen LogP contribution is 2.26. The average molecular weight is 468 g/mol. The predicted octanol–water partition coefficient (Wildman–Crippen LogP) is 4.50. The van der Waals surface area contributed by atoms with Crippen molar-refractivity contribution in [2.75, 3.05) is 11.9 Å². The summed E-state index contributed by atoms with van der Waals surface area (Å²) in [5.74, 6) is -0.287. The van der Waals surface area contributed by atoms with Crippen LogP contribution in [-0.2, 0) is 6.54 Å². The smallest absolute Gasteiger partial charge is 0.183 e. The highest BCUT2D eigenvalue weighted by Gasteiger charge is 2.22. The summed E-state index contributed by atoms with van der Waals surface area (Å²) < 4.78 is 35.3. The van der Waals surface area contributed by atoms with Gasteiger partial charge in [0.25, 0.3) is 0 Å². The molecule has 1 atom stereocenters. The van der Waals surface area contributed by atoms with Gasteiger partial charge in [-0.2, -0.15) is 5.10 Å². The quantitative estimate of drug-likeness (QED) is 0.373. The lowest BCUT2D eigenvalue weighted by atomic mass is 9.92. The highest BCUT2D eigenvalue weighted by atomic mass is 19.1. The molecule has 178 valence electrons. The van der Waals surface area contributed by atoms with Crippen molar-refractivity contribution in [2.24, 2.45) is 11.7 Å². The number of hydrogen-bond donors (Lipinski definition) is 2. The summed E-state index contributed by atoms with van der Waals surface area (Å²) in [7, 11) is 0. The molecule has 10 heteroatoms. The maximum atomic E-state index is 14.4. The highest BCUT2D eigenvalue weighted by molar-refractivity contribution is 5.63. The van der Waals surface area contributed by atoms with Gasteiger partial charge in [-0.15, -0.1) is 0 Å². The van der Waals surface area contributed by atoms with Gasteiger partial charge in [-0.1, -0.05) is 37.2 Å². The Labute approximate surface area is 196 Å². The van der Waals surface area contributed by atoms with E-state index in [4.69, 9.17) is 10.3 Å². The zero-order valence-corrected chi connectivity index (χ0v) is 19.3. The van der Waals surface area contributed by atoms with Crippen molar-refractivity contribution in [3.63, 3.8) is 0 Å². The van der Waals surface area contributed by atoms with Gasteiger partial charge in [0.15, 0.2) is 17.5 Å². The molecule has 34 heavy (non-hydrogen) atoms. The minimum atomic E-state index is -0.591. The number of benzene rings is 1. The number of anilines is 1. The van der Waals surface area contributed by atoms with Gasteiger partial charge in [0.05, 0.1) is 18.4 Å². The van der Waals surface area contributed by atoms with E-state index in [9.17, 15) is 8.78 Å². The van der Waals surface area contributed by atoms with Crippen molar-refractivity contribution in [3.05, 3.63) is 66.1 Å². The zero-order valence-electron chi connectivity index (χ0n) is 19.3. The molecule has 0 bridgehead atoms. The van der Waals surface area contributed by atoms with E-state index in [0.29, 0.717) is 35.1 Å². The lowest BCUT2D eigenvalue weighted by molar-refractivity contribution is 0.385. The zero-order chi connectivity index (χ0) is 24.3. The van der Waals surface area contributed by atoms with Gasteiger partial charge in [-0.05, 0) is 31.4 Å². The van der Waals surface area contributed by atoms with Crippen LogP contribution < -0.4 is 11.1 Å². The number of nitrogens with two attached hydrogens (primary N) is 1. The summed E-state index contributed by atoms with van der Waals surface area (Å²) in [4.78, 5) is 8.45. The number of rotatable bonds is 9. The maximum absolute atomic E-state index is 14.4. The standard InChI is InChI=1S/C24H27F2N7O/c1-15(2)11-24(3,27)14-29-22-18(26)12-28-23(30-22)20-10-21(19-8-9-34-32-19)33(31-20)13-16-6-4-5-7-17(16)25/h4-10,12,15H,11,13-14,27H2,1-3H3,(H,28,29,30). The van der Waals surface area contributed by atoms with Gasteiger partial charge in [-0.25, -0.2) is 18.7 Å². The first-order chi connectivity index (χ1) is 16.2. The SMILES string of the molecule is CC(C)CC(C)(N)CNc1nc(-c2cc(-c3ccon3)n(Cc3ccccc3F)n2)ncc1F. The molecule has 0 spiro atoms. The Hall–Kier alpha value is -3.66. The first kappa shape index (κ1) is 23.5. The van der Waals surface area contributed by atoms with E-state index in [1.807, 2.05) is 6.92 Å². The van der Waals surface area contributed by atoms with Gasteiger partial charge >= 0.3 is 0 Å². The van der Waals surface area contributed by atoms with Gasteiger partial charge in [0, 0.05) is 23.7 Å². The third-order valence-electron chi connectivity index (χ3n) is 5.27. The molecule has 0 saturated heterocycles. The molecular formula is C24H27F2N7O. The molecule has 4 aromatic rings. The normalized spacial score (nSPS) is 13.3.